The maximum Gasteiger partial charge on any atom is 0.339 e. The van der Waals surface area contributed by atoms with Crippen molar-refractivity contribution in [2.24, 2.45) is 0 Å². The predicted octanol–water partition coefficient (Wildman–Crippen LogP) is 3.76. The number of benzene rings is 2. The van der Waals surface area contributed by atoms with Crippen molar-refractivity contribution in [3.05, 3.63) is 70.4 Å². The molecule has 1 aliphatic rings. The number of carbonyl (C=O) groups excluding carboxylic acids is 2. The quantitative estimate of drug-likeness (QED) is 0.283. The lowest BCUT2D eigenvalue weighted by Gasteiger charge is -2.29. The number of hydrogen-bond acceptors (Lipinski definition) is 10. The van der Waals surface area contributed by atoms with Gasteiger partial charge < -0.3 is 10.1 Å². The lowest BCUT2D eigenvalue weighted by molar-refractivity contribution is -0.119. The summed E-state index contributed by atoms with van der Waals surface area (Å²) < 4.78 is 33.0. The number of anilines is 2. The van der Waals surface area contributed by atoms with E-state index >= 15 is 0 Å². The van der Waals surface area contributed by atoms with Gasteiger partial charge >= 0.3 is 5.97 Å². The molecular formula is C27H28N6O5S2. The molecule has 0 fully saturated rings. The van der Waals surface area contributed by atoms with Crippen LogP contribution in [0.1, 0.15) is 40.0 Å². The van der Waals surface area contributed by atoms with Gasteiger partial charge in [-0.2, -0.15) is 0 Å². The number of esters is 1. The Morgan fingerprint density at radius 1 is 1.10 bits per heavy atom. The van der Waals surface area contributed by atoms with E-state index in [1.807, 2.05) is 24.3 Å². The number of amides is 1. The summed E-state index contributed by atoms with van der Waals surface area (Å²) in [6.07, 6.45) is 1.74. The van der Waals surface area contributed by atoms with Crippen LogP contribution in [0.25, 0.3) is 10.9 Å². The van der Waals surface area contributed by atoms with Crippen molar-refractivity contribution in [2.75, 3.05) is 29.7 Å². The van der Waals surface area contributed by atoms with Crippen LogP contribution in [-0.4, -0.2) is 60.1 Å². The third-order valence-electron chi connectivity index (χ3n) is 6.40. The molecule has 0 saturated carbocycles. The highest BCUT2D eigenvalue weighted by atomic mass is 32.2. The average molecular weight is 581 g/mol. The molecule has 5 rings (SSSR count). The normalized spacial score (nSPS) is 13.6. The number of fused-ring (bicyclic) bond motifs is 2. The summed E-state index contributed by atoms with van der Waals surface area (Å²) in [5.74, 6) is -1.13. The first kappa shape index (κ1) is 27.6. The molecule has 11 nitrogen and oxygen atoms in total. The van der Waals surface area contributed by atoms with Crippen molar-refractivity contribution >= 4 is 55.0 Å². The van der Waals surface area contributed by atoms with Gasteiger partial charge in [0.15, 0.2) is 6.61 Å². The Hall–Kier alpha value is -3.94. The van der Waals surface area contributed by atoms with Crippen molar-refractivity contribution in [1.82, 2.24) is 20.1 Å². The number of pyridine rings is 1. The minimum absolute atomic E-state index is 0.00349. The molecule has 1 amide bonds. The second-order valence-electron chi connectivity index (χ2n) is 9.34. The average Bonchev–Trinajstić information content (AvgIpc) is 3.34. The van der Waals surface area contributed by atoms with Gasteiger partial charge in [-0.05, 0) is 50.2 Å². The minimum atomic E-state index is -3.86. The van der Waals surface area contributed by atoms with E-state index in [9.17, 15) is 18.0 Å². The lowest BCUT2D eigenvalue weighted by Crippen LogP contribution is -2.33. The summed E-state index contributed by atoms with van der Waals surface area (Å²) in [5, 5.41) is 11.7. The molecule has 3 heterocycles. The van der Waals surface area contributed by atoms with Crippen LogP contribution < -0.4 is 10.0 Å². The van der Waals surface area contributed by atoms with Gasteiger partial charge in [-0.25, -0.2) is 13.2 Å². The molecule has 4 aromatic rings. The van der Waals surface area contributed by atoms with Gasteiger partial charge in [-0.3, -0.25) is 19.4 Å². The molecule has 0 aliphatic carbocycles. The van der Waals surface area contributed by atoms with Crippen LogP contribution in [0.15, 0.2) is 53.4 Å². The Kier molecular flexibility index (Phi) is 8.05. The zero-order chi connectivity index (χ0) is 28.3. The first-order chi connectivity index (χ1) is 19.2. The monoisotopic (exact) mass is 580 g/mol. The molecule has 0 unspecified atom stereocenters. The minimum Gasteiger partial charge on any atom is -0.452 e. The van der Waals surface area contributed by atoms with Crippen LogP contribution >= 0.6 is 11.3 Å². The Morgan fingerprint density at radius 2 is 1.88 bits per heavy atom. The summed E-state index contributed by atoms with van der Waals surface area (Å²) in [6.45, 7) is 5.73. The van der Waals surface area contributed by atoms with Crippen molar-refractivity contribution < 1.29 is 22.7 Å². The Morgan fingerprint density at radius 3 is 2.60 bits per heavy atom. The van der Waals surface area contributed by atoms with Crippen molar-refractivity contribution in [3.63, 3.8) is 0 Å². The van der Waals surface area contributed by atoms with E-state index in [0.717, 1.165) is 48.5 Å². The summed E-state index contributed by atoms with van der Waals surface area (Å²) in [7, 11) is -3.86. The molecular weight excluding hydrogens is 552 g/mol. The number of aryl methyl sites for hydroxylation is 1. The predicted molar refractivity (Wildman–Crippen MR) is 152 cm³/mol. The molecule has 1 aliphatic heterocycles. The lowest BCUT2D eigenvalue weighted by atomic mass is 9.95. The molecule has 0 saturated heterocycles. The molecule has 40 heavy (non-hydrogen) atoms. The Balaban J connectivity index is 1.26. The molecule has 2 aromatic carbocycles. The fourth-order valence-electron chi connectivity index (χ4n) is 4.62. The van der Waals surface area contributed by atoms with Crippen LogP contribution in [0, 0.1) is 6.92 Å². The number of ether oxygens (including phenoxy) is 1. The largest absolute Gasteiger partial charge is 0.452 e. The molecule has 13 heteroatoms. The number of aromatic nitrogens is 3. The fourth-order valence-corrected chi connectivity index (χ4v) is 6.44. The van der Waals surface area contributed by atoms with E-state index in [4.69, 9.17) is 9.72 Å². The highest BCUT2D eigenvalue weighted by Gasteiger charge is 2.27. The first-order valence-electron chi connectivity index (χ1n) is 12.8. The van der Waals surface area contributed by atoms with Crippen LogP contribution in [0.3, 0.4) is 0 Å². The van der Waals surface area contributed by atoms with Gasteiger partial charge in [-0.1, -0.05) is 36.5 Å². The second kappa shape index (κ2) is 11.7. The molecule has 0 atom stereocenters. The smallest absolute Gasteiger partial charge is 0.339 e. The summed E-state index contributed by atoms with van der Waals surface area (Å²) in [6, 6.07) is 13.1. The van der Waals surface area contributed by atoms with Crippen LogP contribution in [0.4, 0.5) is 10.8 Å². The zero-order valence-corrected chi connectivity index (χ0v) is 23.6. The first-order valence-corrected chi connectivity index (χ1v) is 15.1. The number of sulfonamides is 1. The van der Waals surface area contributed by atoms with Crippen LogP contribution in [-0.2, 0) is 32.5 Å². The van der Waals surface area contributed by atoms with E-state index in [1.165, 1.54) is 24.3 Å². The number of hydrogen-bond donors (Lipinski definition) is 2. The van der Waals surface area contributed by atoms with Crippen molar-refractivity contribution in [1.29, 1.82) is 0 Å². The maximum absolute atomic E-state index is 13.3. The van der Waals surface area contributed by atoms with Gasteiger partial charge in [0.25, 0.3) is 15.9 Å². The van der Waals surface area contributed by atoms with E-state index < -0.39 is 28.5 Å². The number of para-hydroxylation sites is 1. The van der Waals surface area contributed by atoms with Crippen LogP contribution in [0.2, 0.25) is 0 Å². The number of nitrogens with one attached hydrogen (secondary N) is 2. The molecule has 2 aromatic heterocycles. The maximum atomic E-state index is 13.3. The van der Waals surface area contributed by atoms with E-state index in [0.29, 0.717) is 33.7 Å². The van der Waals surface area contributed by atoms with Crippen molar-refractivity contribution in [3.8, 4) is 0 Å². The molecule has 0 spiro atoms. The van der Waals surface area contributed by atoms with Gasteiger partial charge in [0.1, 0.15) is 5.01 Å². The summed E-state index contributed by atoms with van der Waals surface area (Å²) >= 11 is 1.12. The second-order valence-corrected chi connectivity index (χ2v) is 12.2. The molecule has 0 radical (unpaired) electrons. The third-order valence-corrected chi connectivity index (χ3v) is 8.64. The van der Waals surface area contributed by atoms with Gasteiger partial charge in [0.2, 0.25) is 5.13 Å². The van der Waals surface area contributed by atoms with E-state index in [1.54, 1.807) is 6.92 Å². The SMILES string of the molecule is CCCN1CCc2nc3ccccc3c(C(=O)OCC(=O)Nc3ccc(S(=O)(=O)Nc4nnc(C)s4)cc3)c2C1. The zero-order valence-electron chi connectivity index (χ0n) is 22.0. The van der Waals surface area contributed by atoms with Gasteiger partial charge in [0.05, 0.1) is 16.0 Å². The fraction of sp³-hybridized carbons (Fsp3) is 0.296. The molecule has 0 bridgehead atoms. The summed E-state index contributed by atoms with van der Waals surface area (Å²) in [4.78, 5) is 33.0. The highest BCUT2D eigenvalue weighted by Crippen LogP contribution is 2.29. The molecule has 208 valence electrons. The number of nitrogens with zero attached hydrogens (tertiary/aromatic N) is 4. The van der Waals surface area contributed by atoms with E-state index in [2.05, 4.69) is 32.1 Å². The van der Waals surface area contributed by atoms with Gasteiger partial charge in [-0.15, -0.1) is 10.2 Å². The van der Waals surface area contributed by atoms with Crippen LogP contribution in [0.5, 0.6) is 0 Å². The topological polar surface area (TPSA) is 143 Å². The third kappa shape index (κ3) is 6.11. The number of carbonyl (C=O) groups is 2. The Labute approximate surface area is 235 Å². The highest BCUT2D eigenvalue weighted by molar-refractivity contribution is 7.93. The molecule has 2 N–H and O–H groups in total. The van der Waals surface area contributed by atoms with Crippen molar-refractivity contribution in [2.45, 2.75) is 38.1 Å². The van der Waals surface area contributed by atoms with E-state index in [-0.39, 0.29) is 10.0 Å². The summed E-state index contributed by atoms with van der Waals surface area (Å²) in [5.41, 5.74) is 3.24. The van der Waals surface area contributed by atoms with Gasteiger partial charge in [0, 0.05) is 41.8 Å². The standard InChI is InChI=1S/C27H28N6O5S2/c1-3-13-33-14-12-23-21(15-33)25(20-6-4-5-7-22(20)29-23)26(35)38-16-24(34)28-18-8-10-19(11-9-18)40(36,37)32-27-31-30-17(2)39-27/h4-11H,3,12-16H2,1-2H3,(H,28,34)(H,31,32). The number of rotatable bonds is 9. The Bertz CT molecular complexity index is 1670.